The van der Waals surface area contributed by atoms with Gasteiger partial charge in [-0.05, 0) is 24.1 Å². The summed E-state index contributed by atoms with van der Waals surface area (Å²) in [6.45, 7) is 4.13. The van der Waals surface area contributed by atoms with E-state index in [9.17, 15) is 14.7 Å². The number of carbonyl (C=O) groups excluding carboxylic acids is 1. The molecule has 0 fully saturated rings. The number of carboxylic acid groups (broad SMARTS) is 1. The summed E-state index contributed by atoms with van der Waals surface area (Å²) in [5, 5.41) is 9.19. The quantitative estimate of drug-likeness (QED) is 0.585. The molecule has 5 nitrogen and oxygen atoms in total. The molecule has 110 valence electrons. The molecule has 0 radical (unpaired) electrons. The Morgan fingerprint density at radius 3 is 2.60 bits per heavy atom. The van der Waals surface area contributed by atoms with E-state index in [1.54, 1.807) is 18.2 Å². The Bertz CT molecular complexity index is 467. The van der Waals surface area contributed by atoms with E-state index in [0.717, 1.165) is 18.4 Å². The van der Waals surface area contributed by atoms with E-state index in [1.165, 1.54) is 6.92 Å². The molecule has 0 aliphatic carbocycles. The minimum absolute atomic E-state index is 0.140. The summed E-state index contributed by atoms with van der Waals surface area (Å²) >= 11 is 0. The summed E-state index contributed by atoms with van der Waals surface area (Å²) in [4.78, 5) is 21.9. The molecular weight excluding hydrogens is 260 g/mol. The first-order chi connectivity index (χ1) is 9.54. The van der Waals surface area contributed by atoms with Crippen LogP contribution in [0.5, 0.6) is 5.75 Å². The fourth-order valence-electron chi connectivity index (χ4n) is 1.66. The lowest BCUT2D eigenvalue weighted by Crippen LogP contribution is -2.07. The predicted molar refractivity (Wildman–Crippen MR) is 74.1 cm³/mol. The van der Waals surface area contributed by atoms with Crippen LogP contribution in [0.3, 0.4) is 0 Å². The van der Waals surface area contributed by atoms with Gasteiger partial charge in [-0.15, -0.1) is 0 Å². The molecule has 0 aromatic heterocycles. The topological polar surface area (TPSA) is 72.8 Å². The number of aromatic carboxylic acids is 1. The van der Waals surface area contributed by atoms with Crippen molar-refractivity contribution in [3.8, 4) is 5.75 Å². The van der Waals surface area contributed by atoms with E-state index in [1.807, 2.05) is 6.92 Å². The van der Waals surface area contributed by atoms with Gasteiger partial charge in [0.1, 0.15) is 11.3 Å². The molecule has 1 aromatic rings. The van der Waals surface area contributed by atoms with Gasteiger partial charge >= 0.3 is 11.9 Å². The van der Waals surface area contributed by atoms with Crippen molar-refractivity contribution in [1.29, 1.82) is 0 Å². The number of benzene rings is 1. The molecule has 0 heterocycles. The first-order valence-corrected chi connectivity index (χ1v) is 6.67. The maximum absolute atomic E-state index is 11.2. The van der Waals surface area contributed by atoms with Crippen LogP contribution in [-0.4, -0.2) is 30.3 Å². The molecule has 0 unspecified atom stereocenters. The van der Waals surface area contributed by atoms with Crippen molar-refractivity contribution in [2.75, 3.05) is 13.2 Å². The third-order valence-electron chi connectivity index (χ3n) is 2.73. The highest BCUT2D eigenvalue weighted by Gasteiger charge is 2.12. The molecule has 1 rings (SSSR count). The summed E-state index contributed by atoms with van der Waals surface area (Å²) in [5.41, 5.74) is 0.938. The second-order valence-electron chi connectivity index (χ2n) is 4.43. The standard InChI is InChI=1S/C15H20O5/c1-3-4-8-20-14-6-5-12(7-9-19-11(2)16)10-13(14)15(17)18/h5-6,10H,3-4,7-9H2,1-2H3,(H,17,18). The van der Waals surface area contributed by atoms with Gasteiger partial charge in [0.15, 0.2) is 0 Å². The SMILES string of the molecule is CCCCOc1ccc(CCOC(C)=O)cc1C(=O)O. The average Bonchev–Trinajstić information content (AvgIpc) is 2.39. The van der Waals surface area contributed by atoms with E-state index in [4.69, 9.17) is 9.47 Å². The van der Waals surface area contributed by atoms with Gasteiger partial charge in [0.05, 0.1) is 13.2 Å². The van der Waals surface area contributed by atoms with Gasteiger partial charge in [0.2, 0.25) is 0 Å². The first kappa shape index (κ1) is 16.0. The lowest BCUT2D eigenvalue weighted by Gasteiger charge is -2.10. The van der Waals surface area contributed by atoms with Crippen LogP contribution in [0.4, 0.5) is 0 Å². The average molecular weight is 280 g/mol. The van der Waals surface area contributed by atoms with Crippen LogP contribution >= 0.6 is 0 Å². The molecule has 0 saturated heterocycles. The first-order valence-electron chi connectivity index (χ1n) is 6.67. The Balaban J connectivity index is 2.73. The van der Waals surface area contributed by atoms with Crippen LogP contribution in [0.1, 0.15) is 42.6 Å². The summed E-state index contributed by atoms with van der Waals surface area (Å²) in [7, 11) is 0. The van der Waals surface area contributed by atoms with Crippen molar-refractivity contribution in [2.24, 2.45) is 0 Å². The third kappa shape index (κ3) is 5.30. The van der Waals surface area contributed by atoms with Crippen LogP contribution in [0.2, 0.25) is 0 Å². The maximum Gasteiger partial charge on any atom is 0.339 e. The second kappa shape index (κ2) is 8.19. The van der Waals surface area contributed by atoms with E-state index in [0.29, 0.717) is 18.8 Å². The Kier molecular flexibility index (Phi) is 6.56. The molecule has 0 bridgehead atoms. The zero-order valence-electron chi connectivity index (χ0n) is 11.8. The Morgan fingerprint density at radius 1 is 1.25 bits per heavy atom. The van der Waals surface area contributed by atoms with E-state index < -0.39 is 5.97 Å². The monoisotopic (exact) mass is 280 g/mol. The van der Waals surface area contributed by atoms with Crippen LogP contribution in [-0.2, 0) is 16.0 Å². The van der Waals surface area contributed by atoms with Crippen LogP contribution < -0.4 is 4.74 Å². The summed E-state index contributed by atoms with van der Waals surface area (Å²) in [6, 6.07) is 5.01. The van der Waals surface area contributed by atoms with Crippen molar-refractivity contribution in [1.82, 2.24) is 0 Å². The highest BCUT2D eigenvalue weighted by atomic mass is 16.5. The fraction of sp³-hybridized carbons (Fsp3) is 0.467. The molecule has 0 aliphatic heterocycles. The lowest BCUT2D eigenvalue weighted by atomic mass is 10.1. The zero-order valence-corrected chi connectivity index (χ0v) is 11.8. The van der Waals surface area contributed by atoms with Gasteiger partial charge in [-0.2, -0.15) is 0 Å². The molecule has 20 heavy (non-hydrogen) atoms. The van der Waals surface area contributed by atoms with Crippen LogP contribution in [0.15, 0.2) is 18.2 Å². The minimum Gasteiger partial charge on any atom is -0.493 e. The third-order valence-corrected chi connectivity index (χ3v) is 2.73. The second-order valence-corrected chi connectivity index (χ2v) is 4.43. The number of carboxylic acids is 1. The molecule has 0 atom stereocenters. The zero-order chi connectivity index (χ0) is 15.0. The Hall–Kier alpha value is -2.04. The minimum atomic E-state index is -1.02. The Morgan fingerprint density at radius 2 is 2.00 bits per heavy atom. The molecular formula is C15H20O5. The lowest BCUT2D eigenvalue weighted by molar-refractivity contribution is -0.140. The molecule has 1 N–H and O–H groups in total. The maximum atomic E-state index is 11.2. The normalized spacial score (nSPS) is 10.1. The number of unbranched alkanes of at least 4 members (excludes halogenated alkanes) is 1. The van der Waals surface area contributed by atoms with Gasteiger partial charge in [-0.3, -0.25) is 4.79 Å². The summed E-state index contributed by atoms with van der Waals surface area (Å²) in [6.07, 6.45) is 2.35. The smallest absolute Gasteiger partial charge is 0.339 e. The van der Waals surface area contributed by atoms with Gasteiger partial charge in [-0.25, -0.2) is 4.79 Å². The van der Waals surface area contributed by atoms with E-state index in [-0.39, 0.29) is 18.1 Å². The van der Waals surface area contributed by atoms with Crippen molar-refractivity contribution >= 4 is 11.9 Å². The summed E-state index contributed by atoms with van der Waals surface area (Å²) < 4.78 is 10.3. The van der Waals surface area contributed by atoms with Gasteiger partial charge in [0.25, 0.3) is 0 Å². The number of ether oxygens (including phenoxy) is 2. The van der Waals surface area contributed by atoms with E-state index in [2.05, 4.69) is 0 Å². The fourth-order valence-corrected chi connectivity index (χ4v) is 1.66. The molecule has 5 heteroatoms. The van der Waals surface area contributed by atoms with Crippen LogP contribution in [0.25, 0.3) is 0 Å². The van der Waals surface area contributed by atoms with Crippen molar-refractivity contribution in [3.63, 3.8) is 0 Å². The van der Waals surface area contributed by atoms with Crippen molar-refractivity contribution in [3.05, 3.63) is 29.3 Å². The number of rotatable bonds is 8. The Labute approximate surface area is 118 Å². The van der Waals surface area contributed by atoms with Gasteiger partial charge in [-0.1, -0.05) is 19.4 Å². The van der Waals surface area contributed by atoms with E-state index >= 15 is 0 Å². The highest BCUT2D eigenvalue weighted by molar-refractivity contribution is 5.91. The number of carbonyl (C=O) groups is 2. The molecule has 0 spiro atoms. The molecule has 0 amide bonds. The van der Waals surface area contributed by atoms with Crippen molar-refractivity contribution < 1.29 is 24.2 Å². The number of hydrogen-bond donors (Lipinski definition) is 1. The van der Waals surface area contributed by atoms with Gasteiger partial charge in [0, 0.05) is 13.3 Å². The van der Waals surface area contributed by atoms with Crippen LogP contribution in [0, 0.1) is 0 Å². The largest absolute Gasteiger partial charge is 0.493 e. The molecule has 0 aliphatic rings. The molecule has 1 aromatic carbocycles. The number of hydrogen-bond acceptors (Lipinski definition) is 4. The molecule has 0 saturated carbocycles. The predicted octanol–water partition coefficient (Wildman–Crippen LogP) is 2.67. The number of esters is 1. The van der Waals surface area contributed by atoms with Crippen molar-refractivity contribution in [2.45, 2.75) is 33.1 Å². The summed E-state index contributed by atoms with van der Waals surface area (Å²) in [5.74, 6) is -0.990. The van der Waals surface area contributed by atoms with Gasteiger partial charge < -0.3 is 14.6 Å². The highest BCUT2D eigenvalue weighted by Crippen LogP contribution is 2.21.